The molecule has 3 fully saturated rings. The predicted octanol–water partition coefficient (Wildman–Crippen LogP) is 2.82. The maximum absolute atomic E-state index is 14.3. The average molecular weight is 471 g/mol. The molecule has 3 saturated heterocycles. The molecular weight excluding hydrogens is 455 g/mol. The molecule has 4 atom stereocenters. The molecule has 0 bridgehead atoms. The number of benzene rings is 2. The maximum Gasteiger partial charge on any atom is 0.289 e. The quantitative estimate of drug-likeness (QED) is 0.410. The lowest BCUT2D eigenvalue weighted by Gasteiger charge is -2.36. The number of nitrogens with one attached hydrogen (secondary N) is 1. The number of anilines is 2. The van der Waals surface area contributed by atoms with E-state index in [0.717, 1.165) is 17.4 Å². The second-order valence-corrected chi connectivity index (χ2v) is 9.13. The normalized spacial score (nSPS) is 30.1. The number of nitro benzene ring substituents is 1. The van der Waals surface area contributed by atoms with E-state index in [1.165, 1.54) is 30.3 Å². The Kier molecular flexibility index (Phi) is 4.04. The molecule has 1 N–H and O–H groups in total. The Morgan fingerprint density at radius 1 is 1.15 bits per heavy atom. The number of imide groups is 1. The summed E-state index contributed by atoms with van der Waals surface area (Å²) < 4.78 is 14.3. The zero-order valence-electron chi connectivity index (χ0n) is 17.0. The van der Waals surface area contributed by atoms with Crippen LogP contribution in [0.2, 0.25) is 5.02 Å². The van der Waals surface area contributed by atoms with Crippen LogP contribution in [0.3, 0.4) is 0 Å². The molecule has 2 aromatic carbocycles. The van der Waals surface area contributed by atoms with Crippen molar-refractivity contribution in [1.29, 1.82) is 0 Å². The van der Waals surface area contributed by atoms with Crippen molar-refractivity contribution in [3.8, 4) is 0 Å². The standard InChI is InChI=1S/C22H16ClFN4O5/c23-13-5-4-11(9-16(13)28(32)33)27-19(29)17-15-2-1-7-26(15)22(18(17)20(27)30)12-8-10(24)3-6-14(12)25-21(22)31/h3-6,8-9,15,17-18H,1-2,7H2,(H,25,31)/t15-,17+,18-,22+/m0/s1. The van der Waals surface area contributed by atoms with E-state index in [1.54, 1.807) is 0 Å². The first-order valence-electron chi connectivity index (χ1n) is 10.5. The molecule has 4 heterocycles. The average Bonchev–Trinajstić information content (AvgIpc) is 3.47. The summed E-state index contributed by atoms with van der Waals surface area (Å²) in [7, 11) is 0. The van der Waals surface area contributed by atoms with Gasteiger partial charge in [-0.25, -0.2) is 9.29 Å². The highest BCUT2D eigenvalue weighted by molar-refractivity contribution is 6.33. The lowest BCUT2D eigenvalue weighted by molar-refractivity contribution is -0.384. The molecule has 4 aliphatic rings. The third-order valence-electron chi connectivity index (χ3n) is 7.34. The van der Waals surface area contributed by atoms with Crippen LogP contribution in [-0.4, -0.2) is 40.1 Å². The number of carbonyl (C=O) groups excluding carboxylic acids is 3. The Morgan fingerprint density at radius 2 is 1.94 bits per heavy atom. The fourth-order valence-electron chi connectivity index (χ4n) is 6.21. The molecule has 0 aliphatic carbocycles. The zero-order valence-corrected chi connectivity index (χ0v) is 17.7. The van der Waals surface area contributed by atoms with Crippen molar-refractivity contribution in [2.24, 2.45) is 11.8 Å². The van der Waals surface area contributed by atoms with Gasteiger partial charge in [-0.2, -0.15) is 0 Å². The highest BCUT2D eigenvalue weighted by Crippen LogP contribution is 2.60. The minimum atomic E-state index is -1.51. The van der Waals surface area contributed by atoms with Gasteiger partial charge in [0.1, 0.15) is 16.4 Å². The third-order valence-corrected chi connectivity index (χ3v) is 7.66. The molecule has 3 amide bonds. The molecule has 0 radical (unpaired) electrons. The van der Waals surface area contributed by atoms with Crippen LogP contribution in [0.25, 0.3) is 0 Å². The van der Waals surface area contributed by atoms with Crippen LogP contribution >= 0.6 is 11.6 Å². The van der Waals surface area contributed by atoms with Gasteiger partial charge >= 0.3 is 0 Å². The van der Waals surface area contributed by atoms with Gasteiger partial charge in [0.05, 0.1) is 22.4 Å². The van der Waals surface area contributed by atoms with E-state index in [9.17, 15) is 28.9 Å². The molecule has 168 valence electrons. The van der Waals surface area contributed by atoms with Crippen molar-refractivity contribution in [3.63, 3.8) is 0 Å². The van der Waals surface area contributed by atoms with Crippen LogP contribution in [0.15, 0.2) is 36.4 Å². The molecule has 0 aromatic heterocycles. The summed E-state index contributed by atoms with van der Waals surface area (Å²) in [6.45, 7) is 0.494. The summed E-state index contributed by atoms with van der Waals surface area (Å²) >= 11 is 5.90. The highest BCUT2D eigenvalue weighted by atomic mass is 35.5. The highest BCUT2D eigenvalue weighted by Gasteiger charge is 2.74. The van der Waals surface area contributed by atoms with Crippen LogP contribution in [0.4, 0.5) is 21.5 Å². The molecular formula is C22H16ClFN4O5. The third kappa shape index (κ3) is 2.37. The van der Waals surface area contributed by atoms with Crippen molar-refractivity contribution in [2.75, 3.05) is 16.8 Å². The Labute approximate surface area is 191 Å². The summed E-state index contributed by atoms with van der Waals surface area (Å²) in [6, 6.07) is 7.27. The summed E-state index contributed by atoms with van der Waals surface area (Å²) in [5.41, 5.74) is -1.17. The molecule has 0 unspecified atom stereocenters. The first-order chi connectivity index (χ1) is 15.8. The minimum absolute atomic E-state index is 0.0214. The van der Waals surface area contributed by atoms with E-state index < -0.39 is 51.5 Å². The number of fused-ring (bicyclic) bond motifs is 7. The Balaban J connectivity index is 1.54. The molecule has 33 heavy (non-hydrogen) atoms. The maximum atomic E-state index is 14.3. The fourth-order valence-corrected chi connectivity index (χ4v) is 6.40. The number of rotatable bonds is 2. The van der Waals surface area contributed by atoms with Crippen LogP contribution < -0.4 is 10.2 Å². The van der Waals surface area contributed by atoms with E-state index in [1.807, 2.05) is 4.90 Å². The van der Waals surface area contributed by atoms with Crippen LogP contribution in [0.5, 0.6) is 0 Å². The van der Waals surface area contributed by atoms with E-state index in [0.29, 0.717) is 24.2 Å². The summed E-state index contributed by atoms with van der Waals surface area (Å²) in [5, 5.41) is 14.0. The van der Waals surface area contributed by atoms with Gasteiger partial charge < -0.3 is 5.32 Å². The largest absolute Gasteiger partial charge is 0.324 e. The van der Waals surface area contributed by atoms with Crippen molar-refractivity contribution < 1.29 is 23.7 Å². The number of carbonyl (C=O) groups is 3. The Bertz CT molecular complexity index is 1300. The van der Waals surface area contributed by atoms with Crippen LogP contribution in [0.1, 0.15) is 18.4 Å². The molecule has 11 heteroatoms. The molecule has 9 nitrogen and oxygen atoms in total. The van der Waals surface area contributed by atoms with E-state index in [2.05, 4.69) is 5.32 Å². The summed E-state index contributed by atoms with van der Waals surface area (Å²) in [4.78, 5) is 54.3. The lowest BCUT2D eigenvalue weighted by atomic mass is 9.75. The number of halogens is 2. The molecule has 6 rings (SSSR count). The fraction of sp³-hybridized carbons (Fsp3) is 0.318. The number of nitro groups is 1. The van der Waals surface area contributed by atoms with Gasteiger partial charge in [-0.05, 0) is 49.7 Å². The number of nitrogens with zero attached hydrogens (tertiary/aromatic N) is 3. The van der Waals surface area contributed by atoms with Crippen molar-refractivity contribution >= 4 is 46.4 Å². The topological polar surface area (TPSA) is 113 Å². The van der Waals surface area contributed by atoms with Gasteiger partial charge in [0.15, 0.2) is 0 Å². The summed E-state index contributed by atoms with van der Waals surface area (Å²) in [6.07, 6.45) is 1.33. The van der Waals surface area contributed by atoms with E-state index in [4.69, 9.17) is 11.6 Å². The molecule has 1 spiro atoms. The van der Waals surface area contributed by atoms with Gasteiger partial charge in [0.2, 0.25) is 17.7 Å². The van der Waals surface area contributed by atoms with Gasteiger partial charge in [-0.1, -0.05) is 11.6 Å². The Hall–Kier alpha value is -3.37. The predicted molar refractivity (Wildman–Crippen MR) is 114 cm³/mol. The minimum Gasteiger partial charge on any atom is -0.324 e. The van der Waals surface area contributed by atoms with Gasteiger partial charge in [0.25, 0.3) is 5.69 Å². The Morgan fingerprint density at radius 3 is 2.70 bits per heavy atom. The lowest BCUT2D eigenvalue weighted by Crippen LogP contribution is -2.54. The first-order valence-corrected chi connectivity index (χ1v) is 10.8. The summed E-state index contributed by atoms with van der Waals surface area (Å²) in [5.74, 6) is -4.07. The van der Waals surface area contributed by atoms with Crippen LogP contribution in [0, 0.1) is 27.8 Å². The smallest absolute Gasteiger partial charge is 0.289 e. The van der Waals surface area contributed by atoms with Crippen molar-refractivity contribution in [3.05, 3.63) is 62.9 Å². The van der Waals surface area contributed by atoms with Gasteiger partial charge in [-0.3, -0.25) is 29.4 Å². The zero-order chi connectivity index (χ0) is 23.2. The molecule has 4 aliphatic heterocycles. The monoisotopic (exact) mass is 470 g/mol. The van der Waals surface area contributed by atoms with E-state index in [-0.39, 0.29) is 16.8 Å². The van der Waals surface area contributed by atoms with Gasteiger partial charge in [-0.15, -0.1) is 0 Å². The second-order valence-electron chi connectivity index (χ2n) is 8.72. The SMILES string of the molecule is O=C1[C@H]2[C@@H](C(=O)N1c1ccc(Cl)c([N+](=O)[O-])c1)[C@]1(C(=O)Nc3ccc(F)cc31)N1CCC[C@@H]21. The van der Waals surface area contributed by atoms with Crippen molar-refractivity contribution in [2.45, 2.75) is 24.4 Å². The molecule has 2 aromatic rings. The van der Waals surface area contributed by atoms with E-state index >= 15 is 0 Å². The van der Waals surface area contributed by atoms with Crippen molar-refractivity contribution in [1.82, 2.24) is 4.90 Å². The number of hydrogen-bond acceptors (Lipinski definition) is 6. The van der Waals surface area contributed by atoms with Gasteiger partial charge in [0, 0.05) is 23.4 Å². The number of hydrogen-bond donors (Lipinski definition) is 1. The number of amides is 3. The first kappa shape index (κ1) is 20.3. The molecule has 0 saturated carbocycles. The van der Waals surface area contributed by atoms with Crippen LogP contribution in [-0.2, 0) is 19.9 Å². The second kappa shape index (κ2) is 6.58.